The normalized spacial score (nSPS) is 15.5. The predicted molar refractivity (Wildman–Crippen MR) is 80.0 cm³/mol. The van der Waals surface area contributed by atoms with Gasteiger partial charge in [0.15, 0.2) is 4.60 Å². The van der Waals surface area contributed by atoms with E-state index in [1.165, 1.54) is 0 Å². The van der Waals surface area contributed by atoms with Gasteiger partial charge < -0.3 is 10.1 Å². The summed E-state index contributed by atoms with van der Waals surface area (Å²) in [5, 5.41) is 11.7. The van der Waals surface area contributed by atoms with Crippen molar-refractivity contribution in [1.82, 2.24) is 20.3 Å². The van der Waals surface area contributed by atoms with E-state index in [9.17, 15) is 0 Å². The molecule has 0 fully saturated rings. The van der Waals surface area contributed by atoms with Crippen molar-refractivity contribution >= 4 is 15.9 Å². The molecule has 1 aromatic heterocycles. The van der Waals surface area contributed by atoms with Crippen LogP contribution in [-0.2, 0) is 11.8 Å². The Morgan fingerprint density at radius 1 is 1.42 bits per heavy atom. The first-order valence-corrected chi connectivity index (χ1v) is 7.43. The van der Waals surface area contributed by atoms with Crippen LogP contribution in [0.15, 0.2) is 4.60 Å². The molecule has 0 saturated carbocycles. The number of aromatic nitrogens is 3. The third-order valence-corrected chi connectivity index (χ3v) is 3.71. The van der Waals surface area contributed by atoms with Crippen molar-refractivity contribution in [1.29, 1.82) is 0 Å². The second-order valence-corrected chi connectivity index (χ2v) is 6.59. The molecule has 0 amide bonds. The van der Waals surface area contributed by atoms with Gasteiger partial charge in [0.1, 0.15) is 0 Å². The largest absolute Gasteiger partial charge is 0.379 e. The summed E-state index contributed by atoms with van der Waals surface area (Å²) >= 11 is 3.48. The van der Waals surface area contributed by atoms with Crippen LogP contribution in [0.4, 0.5) is 0 Å². The Hall–Kier alpha value is -0.460. The molecule has 0 aliphatic rings. The molecule has 0 aromatic carbocycles. The van der Waals surface area contributed by atoms with Gasteiger partial charge in [-0.05, 0) is 34.3 Å². The number of ether oxygens (including phenoxy) is 1. The molecule has 19 heavy (non-hydrogen) atoms. The monoisotopic (exact) mass is 332 g/mol. The second kappa shape index (κ2) is 6.81. The lowest BCUT2D eigenvalue weighted by Gasteiger charge is -2.36. The van der Waals surface area contributed by atoms with E-state index in [4.69, 9.17) is 4.74 Å². The first-order valence-electron chi connectivity index (χ1n) is 6.64. The highest BCUT2D eigenvalue weighted by Crippen LogP contribution is 2.34. The maximum Gasteiger partial charge on any atom is 0.153 e. The summed E-state index contributed by atoms with van der Waals surface area (Å²) in [4.78, 5) is 0. The van der Waals surface area contributed by atoms with Crippen molar-refractivity contribution in [3.05, 3.63) is 10.3 Å². The van der Waals surface area contributed by atoms with Gasteiger partial charge in [-0.25, -0.2) is 4.68 Å². The standard InChI is InChI=1S/C13H25BrN4O/c1-7-8-15-9(11(19-6)13(2,3)4)10-12(14)16-17-18(10)5/h9,11,15H,7-8H2,1-6H3. The fourth-order valence-corrected chi connectivity index (χ4v) is 2.88. The van der Waals surface area contributed by atoms with Crippen LogP contribution in [0, 0.1) is 5.41 Å². The molecule has 0 radical (unpaired) electrons. The Kier molecular flexibility index (Phi) is 5.95. The van der Waals surface area contributed by atoms with Gasteiger partial charge in [0.2, 0.25) is 0 Å². The molecular formula is C13H25BrN4O. The SMILES string of the molecule is CCCNC(c1c(Br)nnn1C)C(OC)C(C)(C)C. The first-order chi connectivity index (χ1) is 8.82. The molecule has 2 atom stereocenters. The van der Waals surface area contributed by atoms with E-state index < -0.39 is 0 Å². The van der Waals surface area contributed by atoms with Crippen molar-refractivity contribution in [2.45, 2.75) is 46.3 Å². The van der Waals surface area contributed by atoms with Crippen LogP contribution in [0.5, 0.6) is 0 Å². The van der Waals surface area contributed by atoms with Crippen molar-refractivity contribution in [2.24, 2.45) is 12.5 Å². The van der Waals surface area contributed by atoms with E-state index in [0.29, 0.717) is 0 Å². The van der Waals surface area contributed by atoms with Crippen LogP contribution in [0.1, 0.15) is 45.9 Å². The predicted octanol–water partition coefficient (Wildman–Crippen LogP) is 2.68. The number of aryl methyl sites for hydroxylation is 1. The van der Waals surface area contributed by atoms with E-state index in [1.54, 1.807) is 11.8 Å². The summed E-state index contributed by atoms with van der Waals surface area (Å²) in [6.07, 6.45) is 1.10. The topological polar surface area (TPSA) is 52.0 Å². The van der Waals surface area contributed by atoms with Gasteiger partial charge in [-0.1, -0.05) is 32.9 Å². The fourth-order valence-electron chi connectivity index (χ4n) is 2.31. The molecule has 0 bridgehead atoms. The molecule has 6 heteroatoms. The zero-order valence-corrected chi connectivity index (χ0v) is 14.3. The molecular weight excluding hydrogens is 308 g/mol. The lowest BCUT2D eigenvalue weighted by Crippen LogP contribution is -2.42. The van der Waals surface area contributed by atoms with Gasteiger partial charge in [0.05, 0.1) is 17.8 Å². The lowest BCUT2D eigenvalue weighted by atomic mass is 9.83. The number of nitrogens with one attached hydrogen (secondary N) is 1. The van der Waals surface area contributed by atoms with E-state index in [-0.39, 0.29) is 17.6 Å². The molecule has 0 spiro atoms. The minimum Gasteiger partial charge on any atom is -0.379 e. The van der Waals surface area contributed by atoms with Gasteiger partial charge in [-0.2, -0.15) is 0 Å². The van der Waals surface area contributed by atoms with Crippen LogP contribution in [0.25, 0.3) is 0 Å². The third-order valence-electron chi connectivity index (χ3n) is 3.15. The number of methoxy groups -OCH3 is 1. The smallest absolute Gasteiger partial charge is 0.153 e. The van der Waals surface area contributed by atoms with Gasteiger partial charge in [-0.15, -0.1) is 5.10 Å². The fraction of sp³-hybridized carbons (Fsp3) is 0.846. The minimum atomic E-state index is 0.0177. The zero-order valence-electron chi connectivity index (χ0n) is 12.7. The maximum absolute atomic E-state index is 5.76. The van der Waals surface area contributed by atoms with E-state index in [0.717, 1.165) is 23.3 Å². The van der Waals surface area contributed by atoms with Crippen LogP contribution in [0.2, 0.25) is 0 Å². The second-order valence-electron chi connectivity index (χ2n) is 5.84. The van der Waals surface area contributed by atoms with Gasteiger partial charge in [-0.3, -0.25) is 0 Å². The Balaban J connectivity index is 3.14. The highest BCUT2D eigenvalue weighted by atomic mass is 79.9. The van der Waals surface area contributed by atoms with Crippen molar-refractivity contribution in [2.75, 3.05) is 13.7 Å². The molecule has 0 aliphatic heterocycles. The summed E-state index contributed by atoms with van der Waals surface area (Å²) in [5.41, 5.74) is 1.04. The number of halogens is 1. The summed E-state index contributed by atoms with van der Waals surface area (Å²) < 4.78 is 8.33. The van der Waals surface area contributed by atoms with Gasteiger partial charge in [0, 0.05) is 14.2 Å². The lowest BCUT2D eigenvalue weighted by molar-refractivity contribution is -0.0139. The van der Waals surface area contributed by atoms with E-state index in [2.05, 4.69) is 59.3 Å². The number of hydrogen-bond acceptors (Lipinski definition) is 4. The molecule has 0 saturated heterocycles. The maximum atomic E-state index is 5.76. The van der Waals surface area contributed by atoms with Crippen molar-refractivity contribution in [3.63, 3.8) is 0 Å². The summed E-state index contributed by atoms with van der Waals surface area (Å²) in [6.45, 7) is 9.62. The molecule has 1 N–H and O–H groups in total. The highest BCUT2D eigenvalue weighted by Gasteiger charge is 2.36. The molecule has 5 nitrogen and oxygen atoms in total. The average molecular weight is 333 g/mol. The van der Waals surface area contributed by atoms with Gasteiger partial charge >= 0.3 is 0 Å². The number of nitrogens with zero attached hydrogens (tertiary/aromatic N) is 3. The Bertz CT molecular complexity index is 380. The number of rotatable bonds is 6. The molecule has 1 aromatic rings. The summed E-state index contributed by atoms with van der Waals surface area (Å²) in [5.74, 6) is 0. The molecule has 1 rings (SSSR count). The Morgan fingerprint density at radius 2 is 2.05 bits per heavy atom. The zero-order chi connectivity index (χ0) is 14.6. The Labute approximate surface area is 124 Å². The van der Waals surface area contributed by atoms with Crippen molar-refractivity contribution < 1.29 is 4.74 Å². The quantitative estimate of drug-likeness (QED) is 0.870. The number of hydrogen-bond donors (Lipinski definition) is 1. The molecule has 110 valence electrons. The molecule has 2 unspecified atom stereocenters. The van der Waals surface area contributed by atoms with Crippen LogP contribution < -0.4 is 5.32 Å². The van der Waals surface area contributed by atoms with Crippen LogP contribution in [0.3, 0.4) is 0 Å². The Morgan fingerprint density at radius 3 is 2.42 bits per heavy atom. The van der Waals surface area contributed by atoms with Crippen molar-refractivity contribution in [3.8, 4) is 0 Å². The van der Waals surface area contributed by atoms with E-state index >= 15 is 0 Å². The third kappa shape index (κ3) is 4.00. The minimum absolute atomic E-state index is 0.0177. The summed E-state index contributed by atoms with van der Waals surface area (Å²) in [7, 11) is 3.66. The first kappa shape index (κ1) is 16.6. The summed E-state index contributed by atoms with van der Waals surface area (Å²) in [6, 6.07) is 0.0549. The highest BCUT2D eigenvalue weighted by molar-refractivity contribution is 9.10. The molecule has 0 aliphatic carbocycles. The van der Waals surface area contributed by atoms with Crippen LogP contribution in [-0.4, -0.2) is 34.8 Å². The van der Waals surface area contributed by atoms with E-state index in [1.807, 2.05) is 7.05 Å². The van der Waals surface area contributed by atoms with Gasteiger partial charge in [0.25, 0.3) is 0 Å². The van der Waals surface area contributed by atoms with Crippen LogP contribution >= 0.6 is 15.9 Å². The average Bonchev–Trinajstić information content (AvgIpc) is 2.63. The molecule has 1 heterocycles.